The van der Waals surface area contributed by atoms with Crippen molar-refractivity contribution in [2.24, 2.45) is 11.8 Å². The van der Waals surface area contributed by atoms with Crippen LogP contribution in [0.3, 0.4) is 0 Å². The monoisotopic (exact) mass is 257 g/mol. The van der Waals surface area contributed by atoms with E-state index in [1.54, 1.807) is 11.1 Å². The van der Waals surface area contributed by atoms with Crippen molar-refractivity contribution in [1.82, 2.24) is 5.32 Å². The van der Waals surface area contributed by atoms with Gasteiger partial charge in [-0.3, -0.25) is 0 Å². The van der Waals surface area contributed by atoms with Gasteiger partial charge >= 0.3 is 0 Å². The number of fused-ring (bicyclic) bond motifs is 1. The number of hydrogen-bond acceptors (Lipinski definition) is 1. The highest BCUT2D eigenvalue weighted by Gasteiger charge is 2.24. The average molecular weight is 257 g/mol. The van der Waals surface area contributed by atoms with Crippen LogP contribution in [0.1, 0.15) is 62.6 Å². The van der Waals surface area contributed by atoms with Crippen LogP contribution >= 0.6 is 0 Å². The minimum atomic E-state index is 0.610. The van der Waals surface area contributed by atoms with Gasteiger partial charge in [0.25, 0.3) is 0 Å². The van der Waals surface area contributed by atoms with Crippen molar-refractivity contribution in [2.75, 3.05) is 6.54 Å². The van der Waals surface area contributed by atoms with E-state index in [0.29, 0.717) is 6.04 Å². The van der Waals surface area contributed by atoms with Crippen LogP contribution in [0.2, 0.25) is 0 Å². The van der Waals surface area contributed by atoms with Crippen LogP contribution in [-0.2, 0) is 6.42 Å². The standard InChI is InChI=1S/C18H27N/c1-14-7-2-3-9-16(14)13-19-18-12-6-10-15-8-4-5-11-17(15)18/h4-5,8,11,14,16,18-19H,2-3,6-7,9-10,12-13H2,1H3. The first kappa shape index (κ1) is 13.2. The lowest BCUT2D eigenvalue weighted by Crippen LogP contribution is -2.33. The predicted octanol–water partition coefficient (Wildman–Crippen LogP) is 4.48. The minimum absolute atomic E-state index is 0.610. The van der Waals surface area contributed by atoms with Crippen molar-refractivity contribution in [1.29, 1.82) is 0 Å². The van der Waals surface area contributed by atoms with Crippen LogP contribution in [-0.4, -0.2) is 6.54 Å². The quantitative estimate of drug-likeness (QED) is 0.842. The van der Waals surface area contributed by atoms with Crippen LogP contribution in [0, 0.1) is 11.8 Å². The number of nitrogens with one attached hydrogen (secondary N) is 1. The van der Waals surface area contributed by atoms with Crippen LogP contribution in [0.5, 0.6) is 0 Å². The maximum atomic E-state index is 3.88. The summed E-state index contributed by atoms with van der Waals surface area (Å²) in [5, 5.41) is 3.88. The molecule has 3 rings (SSSR count). The Kier molecular flexibility index (Phi) is 4.22. The molecule has 0 bridgehead atoms. The molecule has 1 aromatic rings. The smallest absolute Gasteiger partial charge is 0.0323 e. The SMILES string of the molecule is CC1CCCCC1CNC1CCCc2ccccc21. The van der Waals surface area contributed by atoms with E-state index in [9.17, 15) is 0 Å². The summed E-state index contributed by atoms with van der Waals surface area (Å²) in [7, 11) is 0. The zero-order valence-corrected chi connectivity index (χ0v) is 12.2. The lowest BCUT2D eigenvalue weighted by atomic mass is 9.80. The molecule has 19 heavy (non-hydrogen) atoms. The molecule has 0 aliphatic heterocycles. The molecule has 1 heteroatoms. The average Bonchev–Trinajstić information content (AvgIpc) is 2.46. The molecule has 104 valence electrons. The Morgan fingerprint density at radius 1 is 1.05 bits per heavy atom. The molecule has 0 radical (unpaired) electrons. The zero-order valence-electron chi connectivity index (χ0n) is 12.2. The fourth-order valence-corrected chi connectivity index (χ4v) is 3.96. The van der Waals surface area contributed by atoms with Gasteiger partial charge in [-0.05, 0) is 55.2 Å². The third kappa shape index (κ3) is 3.02. The molecule has 1 aromatic carbocycles. The number of aryl methyl sites for hydroxylation is 1. The second-order valence-corrected chi connectivity index (χ2v) is 6.57. The van der Waals surface area contributed by atoms with Crippen molar-refractivity contribution < 1.29 is 0 Å². The van der Waals surface area contributed by atoms with Crippen LogP contribution in [0.15, 0.2) is 24.3 Å². The largest absolute Gasteiger partial charge is 0.310 e. The Hall–Kier alpha value is -0.820. The van der Waals surface area contributed by atoms with Crippen molar-refractivity contribution in [2.45, 2.75) is 57.9 Å². The summed E-state index contributed by atoms with van der Waals surface area (Å²) in [6.45, 7) is 3.67. The molecular weight excluding hydrogens is 230 g/mol. The van der Waals surface area contributed by atoms with E-state index in [4.69, 9.17) is 0 Å². The van der Waals surface area contributed by atoms with E-state index in [1.165, 1.54) is 51.5 Å². The van der Waals surface area contributed by atoms with Crippen molar-refractivity contribution in [3.63, 3.8) is 0 Å². The lowest BCUT2D eigenvalue weighted by Gasteiger charge is -2.32. The molecule has 0 saturated heterocycles. The van der Waals surface area contributed by atoms with E-state index in [-0.39, 0.29) is 0 Å². The molecule has 2 aliphatic carbocycles. The topological polar surface area (TPSA) is 12.0 Å². The van der Waals surface area contributed by atoms with Gasteiger partial charge in [-0.2, -0.15) is 0 Å². The highest BCUT2D eigenvalue weighted by molar-refractivity contribution is 5.32. The van der Waals surface area contributed by atoms with Crippen molar-refractivity contribution >= 4 is 0 Å². The van der Waals surface area contributed by atoms with Crippen molar-refractivity contribution in [3.8, 4) is 0 Å². The molecule has 1 saturated carbocycles. The van der Waals surface area contributed by atoms with E-state index >= 15 is 0 Å². The Balaban J connectivity index is 1.61. The number of benzene rings is 1. The van der Waals surface area contributed by atoms with Gasteiger partial charge in [0.1, 0.15) is 0 Å². The molecule has 1 nitrogen and oxygen atoms in total. The molecule has 0 aromatic heterocycles. The van der Waals surface area contributed by atoms with Crippen LogP contribution < -0.4 is 5.32 Å². The molecule has 3 unspecified atom stereocenters. The highest BCUT2D eigenvalue weighted by Crippen LogP contribution is 2.32. The third-order valence-corrected chi connectivity index (χ3v) is 5.28. The van der Waals surface area contributed by atoms with Gasteiger partial charge in [-0.25, -0.2) is 0 Å². The fourth-order valence-electron chi connectivity index (χ4n) is 3.96. The first-order chi connectivity index (χ1) is 9.34. The Labute approximate surface area is 117 Å². The molecular formula is C18H27N. The maximum Gasteiger partial charge on any atom is 0.0323 e. The lowest BCUT2D eigenvalue weighted by molar-refractivity contribution is 0.237. The van der Waals surface area contributed by atoms with E-state index in [1.807, 2.05) is 0 Å². The van der Waals surface area contributed by atoms with Crippen molar-refractivity contribution in [3.05, 3.63) is 35.4 Å². The first-order valence-corrected chi connectivity index (χ1v) is 8.16. The van der Waals surface area contributed by atoms with Crippen LogP contribution in [0.4, 0.5) is 0 Å². The Morgan fingerprint density at radius 2 is 1.89 bits per heavy atom. The first-order valence-electron chi connectivity index (χ1n) is 8.16. The van der Waals surface area contributed by atoms with E-state index in [2.05, 4.69) is 36.5 Å². The second kappa shape index (κ2) is 6.09. The summed E-state index contributed by atoms with van der Waals surface area (Å²) in [5.41, 5.74) is 3.14. The van der Waals surface area contributed by atoms with Gasteiger partial charge in [-0.15, -0.1) is 0 Å². The maximum absolute atomic E-state index is 3.88. The third-order valence-electron chi connectivity index (χ3n) is 5.28. The molecule has 1 fully saturated rings. The van der Waals surface area contributed by atoms with Gasteiger partial charge in [0.05, 0.1) is 0 Å². The summed E-state index contributed by atoms with van der Waals surface area (Å²) in [4.78, 5) is 0. The normalized spacial score (nSPS) is 30.9. The Bertz CT molecular complexity index is 412. The summed E-state index contributed by atoms with van der Waals surface area (Å²) < 4.78 is 0. The predicted molar refractivity (Wildman–Crippen MR) is 81.2 cm³/mol. The van der Waals surface area contributed by atoms with Gasteiger partial charge < -0.3 is 5.32 Å². The summed E-state index contributed by atoms with van der Waals surface area (Å²) in [6, 6.07) is 9.63. The van der Waals surface area contributed by atoms with Gasteiger partial charge in [0.2, 0.25) is 0 Å². The molecule has 3 atom stereocenters. The van der Waals surface area contributed by atoms with Crippen LogP contribution in [0.25, 0.3) is 0 Å². The highest BCUT2D eigenvalue weighted by atomic mass is 14.9. The molecule has 1 N–H and O–H groups in total. The molecule has 0 spiro atoms. The Morgan fingerprint density at radius 3 is 2.79 bits per heavy atom. The number of rotatable bonds is 3. The van der Waals surface area contributed by atoms with Gasteiger partial charge in [0.15, 0.2) is 0 Å². The number of hydrogen-bond donors (Lipinski definition) is 1. The van der Waals surface area contributed by atoms with E-state index < -0.39 is 0 Å². The molecule has 0 amide bonds. The summed E-state index contributed by atoms with van der Waals surface area (Å²) >= 11 is 0. The molecule has 0 heterocycles. The van der Waals surface area contributed by atoms with E-state index in [0.717, 1.165) is 11.8 Å². The summed E-state index contributed by atoms with van der Waals surface area (Å²) in [6.07, 6.45) is 9.69. The minimum Gasteiger partial charge on any atom is -0.310 e. The molecule has 2 aliphatic rings. The second-order valence-electron chi connectivity index (χ2n) is 6.57. The van der Waals surface area contributed by atoms with Gasteiger partial charge in [0, 0.05) is 6.04 Å². The fraction of sp³-hybridized carbons (Fsp3) is 0.667. The zero-order chi connectivity index (χ0) is 13.1. The summed E-state index contributed by atoms with van der Waals surface area (Å²) in [5.74, 6) is 1.82. The van der Waals surface area contributed by atoms with Gasteiger partial charge in [-0.1, -0.05) is 50.5 Å².